The molecule has 7 nitrogen and oxygen atoms in total. The van der Waals surface area contributed by atoms with Crippen LogP contribution in [-0.2, 0) is 16.1 Å². The number of carbonyl (C=O) groups excluding carboxylic acids is 2. The molecule has 2 heterocycles. The smallest absolute Gasteiger partial charge is 0.243 e. The number of nitrogens with two attached hydrogens (primary N) is 1. The number of amides is 2. The number of pyridine rings is 1. The van der Waals surface area contributed by atoms with E-state index in [4.69, 9.17) is 17.3 Å². The number of piperidine rings is 1. The van der Waals surface area contributed by atoms with Crippen LogP contribution in [0.2, 0.25) is 5.02 Å². The molecule has 1 aromatic carbocycles. The van der Waals surface area contributed by atoms with E-state index in [0.717, 1.165) is 12.8 Å². The molecule has 134 valence electrons. The zero-order chi connectivity index (χ0) is 18.8. The number of aromatic nitrogens is 1. The maximum atomic E-state index is 12.8. The van der Waals surface area contributed by atoms with Gasteiger partial charge in [-0.05, 0) is 37.5 Å². The van der Waals surface area contributed by atoms with Crippen LogP contribution in [0, 0.1) is 11.3 Å². The first-order chi connectivity index (χ1) is 12.4. The van der Waals surface area contributed by atoms with Gasteiger partial charge in [0.25, 0.3) is 0 Å². The largest absolute Gasteiger partial charge is 0.368 e. The second kappa shape index (κ2) is 7.18. The number of carbonyl (C=O) groups is 2. The van der Waals surface area contributed by atoms with E-state index in [1.807, 2.05) is 6.07 Å². The normalized spacial score (nSPS) is 17.1. The summed E-state index contributed by atoms with van der Waals surface area (Å²) in [5.41, 5.74) is 5.42. The van der Waals surface area contributed by atoms with Gasteiger partial charge in [-0.15, -0.1) is 0 Å². The van der Waals surface area contributed by atoms with Gasteiger partial charge >= 0.3 is 0 Å². The maximum Gasteiger partial charge on any atom is 0.243 e. The summed E-state index contributed by atoms with van der Waals surface area (Å²) < 4.78 is 1.54. The number of hydrogen-bond acceptors (Lipinski definition) is 4. The second-order valence-corrected chi connectivity index (χ2v) is 6.71. The summed E-state index contributed by atoms with van der Waals surface area (Å²) in [6.07, 6.45) is 3.56. The molecule has 2 aromatic rings. The Balaban J connectivity index is 2.02. The minimum Gasteiger partial charge on any atom is -0.368 e. The van der Waals surface area contributed by atoms with Crippen molar-refractivity contribution in [2.75, 3.05) is 6.54 Å². The Kier molecular flexibility index (Phi) is 4.96. The maximum absolute atomic E-state index is 12.8. The lowest BCUT2D eigenvalue weighted by atomic mass is 10.0. The average molecular weight is 373 g/mol. The summed E-state index contributed by atoms with van der Waals surface area (Å²) >= 11 is 5.96. The van der Waals surface area contributed by atoms with Gasteiger partial charge in [0.05, 0.1) is 5.52 Å². The van der Waals surface area contributed by atoms with E-state index in [-0.39, 0.29) is 23.4 Å². The molecule has 3 rings (SSSR count). The number of benzene rings is 1. The minimum atomic E-state index is -0.619. The van der Waals surface area contributed by atoms with Gasteiger partial charge in [-0.3, -0.25) is 14.4 Å². The number of likely N-dealkylation sites (tertiary alicyclic amines) is 1. The van der Waals surface area contributed by atoms with Crippen LogP contribution >= 0.6 is 11.6 Å². The minimum absolute atomic E-state index is 0.0716. The van der Waals surface area contributed by atoms with Crippen molar-refractivity contribution in [1.29, 1.82) is 5.26 Å². The van der Waals surface area contributed by atoms with E-state index in [1.165, 1.54) is 17.2 Å². The molecule has 1 saturated heterocycles. The molecule has 0 aliphatic carbocycles. The fourth-order valence-electron chi connectivity index (χ4n) is 3.34. The molecule has 1 aliphatic heterocycles. The molecular weight excluding hydrogens is 356 g/mol. The summed E-state index contributed by atoms with van der Waals surface area (Å²) in [5.74, 6) is -0.801. The molecule has 0 bridgehead atoms. The standard InChI is InChI=1S/C18H17ClN4O3/c19-12-4-5-14-13(7-12)17(25)11(8-20)9-22(14)10-16(24)23-6-2-1-3-15(23)18(21)26/h4-5,7,9,15H,1-3,6,10H2,(H2,21,26). The van der Waals surface area contributed by atoms with Gasteiger partial charge in [0.15, 0.2) is 0 Å². The van der Waals surface area contributed by atoms with Crippen LogP contribution in [0.25, 0.3) is 10.9 Å². The number of primary amides is 1. The van der Waals surface area contributed by atoms with Crippen molar-refractivity contribution in [3.05, 3.63) is 45.2 Å². The second-order valence-electron chi connectivity index (χ2n) is 6.27. The SMILES string of the molecule is N#Cc1cn(CC(=O)N2CCCCC2C(N)=O)c2ccc(Cl)cc2c1=O. The summed E-state index contributed by atoms with van der Waals surface area (Å²) in [7, 11) is 0. The molecule has 1 atom stereocenters. The van der Waals surface area contributed by atoms with Gasteiger partial charge in [-0.2, -0.15) is 5.26 Å². The Morgan fingerprint density at radius 2 is 2.12 bits per heavy atom. The molecule has 2 N–H and O–H groups in total. The molecule has 0 spiro atoms. The predicted molar refractivity (Wildman–Crippen MR) is 96.5 cm³/mol. The lowest BCUT2D eigenvalue weighted by Gasteiger charge is -2.34. The molecule has 8 heteroatoms. The van der Waals surface area contributed by atoms with Crippen LogP contribution in [0.3, 0.4) is 0 Å². The zero-order valence-corrected chi connectivity index (χ0v) is 14.7. The highest BCUT2D eigenvalue weighted by molar-refractivity contribution is 6.31. The summed E-state index contributed by atoms with van der Waals surface area (Å²) in [4.78, 5) is 38.3. The quantitative estimate of drug-likeness (QED) is 0.877. The third-order valence-electron chi connectivity index (χ3n) is 4.62. The first-order valence-corrected chi connectivity index (χ1v) is 8.61. The molecule has 0 saturated carbocycles. The average Bonchev–Trinajstić information content (AvgIpc) is 2.63. The highest BCUT2D eigenvalue weighted by atomic mass is 35.5. The Labute approximate surface area is 154 Å². The van der Waals surface area contributed by atoms with Crippen LogP contribution in [-0.4, -0.2) is 33.9 Å². The fourth-order valence-corrected chi connectivity index (χ4v) is 3.51. The molecule has 1 aromatic heterocycles. The van der Waals surface area contributed by atoms with E-state index < -0.39 is 17.4 Å². The van der Waals surface area contributed by atoms with E-state index >= 15 is 0 Å². The van der Waals surface area contributed by atoms with Gasteiger partial charge in [-0.1, -0.05) is 11.6 Å². The van der Waals surface area contributed by atoms with Gasteiger partial charge in [0.2, 0.25) is 17.2 Å². The lowest BCUT2D eigenvalue weighted by molar-refractivity contribution is -0.141. The van der Waals surface area contributed by atoms with Crippen molar-refractivity contribution in [3.63, 3.8) is 0 Å². The number of fused-ring (bicyclic) bond motifs is 1. The van der Waals surface area contributed by atoms with Crippen molar-refractivity contribution in [3.8, 4) is 6.07 Å². The third-order valence-corrected chi connectivity index (χ3v) is 4.85. The van der Waals surface area contributed by atoms with Gasteiger partial charge < -0.3 is 15.2 Å². The van der Waals surface area contributed by atoms with Crippen LogP contribution in [0.5, 0.6) is 0 Å². The number of rotatable bonds is 3. The van der Waals surface area contributed by atoms with Gasteiger partial charge in [0, 0.05) is 23.2 Å². The summed E-state index contributed by atoms with van der Waals surface area (Å²) in [6.45, 7) is 0.360. The molecule has 1 fully saturated rings. The van der Waals surface area contributed by atoms with Gasteiger partial charge in [-0.25, -0.2) is 0 Å². The van der Waals surface area contributed by atoms with Gasteiger partial charge in [0.1, 0.15) is 24.2 Å². The van der Waals surface area contributed by atoms with Crippen LogP contribution in [0.15, 0.2) is 29.2 Å². The van der Waals surface area contributed by atoms with E-state index in [9.17, 15) is 19.6 Å². The summed E-state index contributed by atoms with van der Waals surface area (Å²) in [5, 5.41) is 9.86. The first-order valence-electron chi connectivity index (χ1n) is 8.24. The molecular formula is C18H17ClN4O3. The Bertz CT molecular complexity index is 992. The number of halogens is 1. The Morgan fingerprint density at radius 1 is 1.35 bits per heavy atom. The topological polar surface area (TPSA) is 109 Å². The highest BCUT2D eigenvalue weighted by Gasteiger charge is 2.30. The monoisotopic (exact) mass is 372 g/mol. The van der Waals surface area contributed by atoms with Crippen LogP contribution in [0.4, 0.5) is 0 Å². The van der Waals surface area contributed by atoms with Crippen molar-refractivity contribution in [2.24, 2.45) is 5.73 Å². The lowest BCUT2D eigenvalue weighted by Crippen LogP contribution is -2.51. The fraction of sp³-hybridized carbons (Fsp3) is 0.333. The molecule has 1 aliphatic rings. The molecule has 1 unspecified atom stereocenters. The highest BCUT2D eigenvalue weighted by Crippen LogP contribution is 2.20. The number of nitrogens with zero attached hydrogens (tertiary/aromatic N) is 3. The van der Waals surface area contributed by atoms with Crippen LogP contribution < -0.4 is 11.2 Å². The van der Waals surface area contributed by atoms with Crippen LogP contribution in [0.1, 0.15) is 24.8 Å². The summed E-state index contributed by atoms with van der Waals surface area (Å²) in [6, 6.07) is 5.96. The number of hydrogen-bond donors (Lipinski definition) is 1. The van der Waals surface area contributed by atoms with Crippen molar-refractivity contribution < 1.29 is 9.59 Å². The van der Waals surface area contributed by atoms with Crippen molar-refractivity contribution >= 4 is 34.3 Å². The third kappa shape index (κ3) is 3.28. The molecule has 26 heavy (non-hydrogen) atoms. The zero-order valence-electron chi connectivity index (χ0n) is 13.9. The predicted octanol–water partition coefficient (Wildman–Crippen LogP) is 1.39. The molecule has 2 amide bonds. The van der Waals surface area contributed by atoms with E-state index in [0.29, 0.717) is 23.5 Å². The number of nitriles is 1. The first kappa shape index (κ1) is 18.0. The van der Waals surface area contributed by atoms with E-state index in [2.05, 4.69) is 0 Å². The van der Waals surface area contributed by atoms with E-state index in [1.54, 1.807) is 16.7 Å². The molecule has 0 radical (unpaired) electrons. The van der Waals surface area contributed by atoms with Crippen molar-refractivity contribution in [2.45, 2.75) is 31.8 Å². The van der Waals surface area contributed by atoms with Crippen molar-refractivity contribution in [1.82, 2.24) is 9.47 Å². The Morgan fingerprint density at radius 3 is 2.81 bits per heavy atom. The Hall–Kier alpha value is -2.85.